The van der Waals surface area contributed by atoms with Gasteiger partial charge in [-0.15, -0.1) is 0 Å². The molecule has 0 saturated carbocycles. The van der Waals surface area contributed by atoms with Crippen molar-refractivity contribution in [2.75, 3.05) is 25.0 Å². The molecular formula is C43H52ClF3N8O9S. The van der Waals surface area contributed by atoms with Crippen LogP contribution in [0.5, 0.6) is 0 Å². The third kappa shape index (κ3) is 13.7. The molecule has 17 nitrogen and oxygen atoms in total. The summed E-state index contributed by atoms with van der Waals surface area (Å²) in [6.45, 7) is 7.30. The Kier molecular flexibility index (Phi) is 16.0. The largest absolute Gasteiger partial charge is 0.480 e. The predicted octanol–water partition coefficient (Wildman–Crippen LogP) is 3.84. The Balaban J connectivity index is 1.19. The molecule has 6 rings (SSSR count). The average molecular weight is 949 g/mol. The Morgan fingerprint density at radius 1 is 0.892 bits per heavy atom. The van der Waals surface area contributed by atoms with Crippen molar-refractivity contribution in [1.29, 1.82) is 0 Å². The maximum absolute atomic E-state index is 13.9. The molecule has 3 saturated heterocycles. The fourth-order valence-electron chi connectivity index (χ4n) is 7.47. The number of carbonyl (C=O) groups is 6. The molecule has 65 heavy (non-hydrogen) atoms. The number of carbonyl (C=O) groups excluding carboxylic acids is 5. The summed E-state index contributed by atoms with van der Waals surface area (Å²) in [6, 6.07) is 8.86. The van der Waals surface area contributed by atoms with Crippen LogP contribution in [-0.4, -0.2) is 102 Å². The molecule has 352 valence electrons. The minimum Gasteiger partial charge on any atom is -0.480 e. The molecule has 7 N–H and O–H groups in total. The molecule has 1 unspecified atom stereocenters. The molecule has 0 aliphatic carbocycles. The summed E-state index contributed by atoms with van der Waals surface area (Å²) in [6.07, 6.45) is -0.321. The number of carboxylic acids is 1. The minimum atomic E-state index is -5.01. The number of alkyl halides is 3. The zero-order valence-electron chi connectivity index (χ0n) is 36.1. The highest BCUT2D eigenvalue weighted by Crippen LogP contribution is 2.36. The second kappa shape index (κ2) is 20.7. The van der Waals surface area contributed by atoms with Crippen molar-refractivity contribution in [3.8, 4) is 0 Å². The van der Waals surface area contributed by atoms with E-state index in [1.54, 1.807) is 57.2 Å². The SMILES string of the molecule is CC(C)(C)[C@H](NC(=O)[C@@H](Cc1ccncc1)NC(=O)CNC(=O)CC[C@](C)(NS(=O)(=O)c1ccc(Cl)c(C(F)(F)F)c1)C(=O)O)C(=O)Nc1ccc(C(=O)NC2CC3CCN2CC3)cc1. The molecule has 22 heteroatoms. The van der Waals surface area contributed by atoms with Crippen molar-refractivity contribution in [1.82, 2.24) is 35.9 Å². The van der Waals surface area contributed by atoms with Gasteiger partial charge >= 0.3 is 12.1 Å². The van der Waals surface area contributed by atoms with Crippen LogP contribution in [0.3, 0.4) is 0 Å². The molecule has 0 spiro atoms. The van der Waals surface area contributed by atoms with Gasteiger partial charge in [-0.2, -0.15) is 17.9 Å². The number of nitrogens with zero attached hydrogens (tertiary/aromatic N) is 2. The van der Waals surface area contributed by atoms with Gasteiger partial charge in [0.15, 0.2) is 0 Å². The maximum Gasteiger partial charge on any atom is 0.417 e. The third-order valence-electron chi connectivity index (χ3n) is 11.3. The van der Waals surface area contributed by atoms with Gasteiger partial charge in [-0.25, -0.2) is 8.42 Å². The van der Waals surface area contributed by atoms with E-state index in [-0.39, 0.29) is 24.6 Å². The molecular weight excluding hydrogens is 897 g/mol. The van der Waals surface area contributed by atoms with Crippen molar-refractivity contribution >= 4 is 62.8 Å². The van der Waals surface area contributed by atoms with Crippen LogP contribution in [0.2, 0.25) is 5.02 Å². The Morgan fingerprint density at radius 3 is 2.11 bits per heavy atom. The summed E-state index contributed by atoms with van der Waals surface area (Å²) >= 11 is 5.59. The summed E-state index contributed by atoms with van der Waals surface area (Å²) in [5.41, 5.74) is -3.34. The van der Waals surface area contributed by atoms with E-state index in [9.17, 15) is 55.5 Å². The molecule has 3 aromatic rings. The number of aromatic nitrogens is 1. The van der Waals surface area contributed by atoms with Crippen LogP contribution in [0.4, 0.5) is 18.9 Å². The van der Waals surface area contributed by atoms with Crippen LogP contribution in [-0.2, 0) is 46.6 Å². The van der Waals surface area contributed by atoms with Crippen LogP contribution in [0.1, 0.15) is 81.3 Å². The number of anilines is 1. The number of hydrogen-bond donors (Lipinski definition) is 7. The number of nitrogens with one attached hydrogen (secondary N) is 6. The van der Waals surface area contributed by atoms with Crippen molar-refractivity contribution in [3.05, 3.63) is 88.7 Å². The number of fused-ring (bicyclic) bond motifs is 3. The van der Waals surface area contributed by atoms with Crippen molar-refractivity contribution in [3.63, 3.8) is 0 Å². The standard InChI is InChI=1S/C43H52ClF3N8O9S/c1-41(2,3)36(39(60)50-28-7-5-27(6-8-28)37(58)52-33-22-26-14-19-55(33)20-15-26)53-38(59)32(21-25-12-17-48-18-13-25)51-35(57)24-49-34(56)11-16-42(4,40(61)62)54-65(63,64)29-9-10-31(44)30(23-29)43(45,46)47/h5-10,12-13,17-18,23,26,32-33,36,54H,11,14-16,19-22,24H2,1-4H3,(H,49,56)(H,50,60)(H,51,57)(H,52,58)(H,53,59)(H,61,62)/t32-,33?,36-,42+/m1/s1. The Labute approximate surface area is 379 Å². The number of benzene rings is 2. The summed E-state index contributed by atoms with van der Waals surface area (Å²) in [4.78, 5) is 84.3. The summed E-state index contributed by atoms with van der Waals surface area (Å²) in [5, 5.41) is 22.6. The van der Waals surface area contributed by atoms with Crippen LogP contribution in [0, 0.1) is 11.3 Å². The molecule has 1 aromatic heterocycles. The number of hydrogen-bond acceptors (Lipinski definition) is 10. The van der Waals surface area contributed by atoms with E-state index in [4.69, 9.17) is 11.6 Å². The van der Waals surface area contributed by atoms with Crippen molar-refractivity contribution in [2.45, 2.75) is 101 Å². The summed E-state index contributed by atoms with van der Waals surface area (Å²) in [7, 11) is -4.90. The highest BCUT2D eigenvalue weighted by Gasteiger charge is 2.41. The number of halogens is 4. The van der Waals surface area contributed by atoms with Crippen LogP contribution < -0.4 is 31.3 Å². The smallest absolute Gasteiger partial charge is 0.417 e. The van der Waals surface area contributed by atoms with Crippen molar-refractivity contribution in [2.24, 2.45) is 11.3 Å². The van der Waals surface area contributed by atoms with Gasteiger partial charge < -0.3 is 31.7 Å². The van der Waals surface area contributed by atoms with Crippen LogP contribution in [0.15, 0.2) is 71.9 Å². The van der Waals surface area contributed by atoms with E-state index >= 15 is 0 Å². The van der Waals surface area contributed by atoms with Gasteiger partial charge in [0.1, 0.15) is 17.6 Å². The number of rotatable bonds is 18. The van der Waals surface area contributed by atoms with E-state index in [1.165, 1.54) is 12.4 Å². The van der Waals surface area contributed by atoms with E-state index < -0.39 is 104 Å². The molecule has 3 aliphatic heterocycles. The minimum absolute atomic E-state index is 0.0169. The number of pyridine rings is 1. The lowest BCUT2D eigenvalue weighted by Crippen LogP contribution is -2.58. The van der Waals surface area contributed by atoms with E-state index in [1.807, 2.05) is 4.72 Å². The Bertz CT molecular complexity index is 2360. The molecule has 4 heterocycles. The highest BCUT2D eigenvalue weighted by molar-refractivity contribution is 7.89. The zero-order valence-corrected chi connectivity index (χ0v) is 37.6. The normalized spacial score (nSPS) is 19.2. The molecule has 5 amide bonds. The maximum atomic E-state index is 13.9. The fourth-order valence-corrected chi connectivity index (χ4v) is 9.12. The summed E-state index contributed by atoms with van der Waals surface area (Å²) < 4.78 is 68.1. The van der Waals surface area contributed by atoms with Gasteiger partial charge in [-0.3, -0.25) is 38.7 Å². The Hall–Kier alpha value is -5.64. The average Bonchev–Trinajstić information content (AvgIpc) is 3.23. The van der Waals surface area contributed by atoms with Gasteiger partial charge in [0, 0.05) is 49.6 Å². The van der Waals surface area contributed by atoms with Gasteiger partial charge in [0.05, 0.1) is 28.2 Å². The van der Waals surface area contributed by atoms with E-state index in [0.29, 0.717) is 28.8 Å². The molecule has 3 aliphatic rings. The van der Waals surface area contributed by atoms with Gasteiger partial charge in [0.2, 0.25) is 33.7 Å². The highest BCUT2D eigenvalue weighted by atomic mass is 35.5. The van der Waals surface area contributed by atoms with Crippen LogP contribution in [0.25, 0.3) is 0 Å². The van der Waals surface area contributed by atoms with E-state index in [0.717, 1.165) is 45.3 Å². The molecule has 3 fully saturated rings. The first kappa shape index (κ1) is 50.4. The predicted molar refractivity (Wildman–Crippen MR) is 232 cm³/mol. The lowest BCUT2D eigenvalue weighted by molar-refractivity contribution is -0.144. The number of amides is 5. The topological polar surface area (TPSA) is 245 Å². The second-order valence-electron chi connectivity index (χ2n) is 17.4. The van der Waals surface area contributed by atoms with E-state index in [2.05, 4.69) is 36.5 Å². The lowest BCUT2D eigenvalue weighted by atomic mass is 9.85. The third-order valence-corrected chi connectivity index (χ3v) is 13.2. The Morgan fingerprint density at radius 2 is 1.54 bits per heavy atom. The first-order valence-electron chi connectivity index (χ1n) is 20.7. The zero-order chi connectivity index (χ0) is 47.9. The summed E-state index contributed by atoms with van der Waals surface area (Å²) in [5.74, 6) is -4.45. The molecule has 2 bridgehead atoms. The number of sulfonamides is 1. The first-order chi connectivity index (χ1) is 30.3. The van der Waals surface area contributed by atoms with Crippen molar-refractivity contribution < 1.29 is 55.5 Å². The number of aliphatic carboxylic acids is 1. The van der Waals surface area contributed by atoms with Gasteiger partial charge in [-0.1, -0.05) is 32.4 Å². The number of carboxylic acid groups (broad SMARTS) is 1. The lowest BCUT2D eigenvalue weighted by Gasteiger charge is -2.45. The monoisotopic (exact) mass is 948 g/mol. The quantitative estimate of drug-likeness (QED) is 0.0966. The fraction of sp³-hybridized carbons (Fsp3) is 0.465. The molecule has 0 radical (unpaired) electrons. The van der Waals surface area contributed by atoms with Gasteiger partial charge in [0.25, 0.3) is 5.91 Å². The first-order valence-corrected chi connectivity index (χ1v) is 22.6. The molecule has 4 atom stereocenters. The number of piperidine rings is 3. The second-order valence-corrected chi connectivity index (χ2v) is 19.5. The van der Waals surface area contributed by atoms with Gasteiger partial charge in [-0.05, 0) is 104 Å². The van der Waals surface area contributed by atoms with Crippen LogP contribution >= 0.6 is 11.6 Å². The molecule has 2 aromatic carbocycles.